The second-order valence-electron chi connectivity index (χ2n) is 20.0. The van der Waals surface area contributed by atoms with Crippen LogP contribution in [0.2, 0.25) is 0 Å². The molecule has 13 aromatic rings. The van der Waals surface area contributed by atoms with E-state index in [2.05, 4.69) is 336 Å². The van der Waals surface area contributed by atoms with Gasteiger partial charge in [-0.1, -0.05) is 249 Å². The fourth-order valence-corrected chi connectivity index (χ4v) is 17.5. The van der Waals surface area contributed by atoms with Gasteiger partial charge in [0.05, 0.1) is 5.52 Å². The lowest BCUT2D eigenvalue weighted by atomic mass is 9.94. The van der Waals surface area contributed by atoms with E-state index < -0.39 is 8.07 Å². The lowest BCUT2D eigenvalue weighted by Crippen LogP contribution is -2.77. The molecule has 0 atom stereocenters. The fourth-order valence-electron chi connectivity index (χ4n) is 12.2. The molecule has 0 N–H and O–H groups in total. The Morgan fingerprint density at radius 1 is 0.295 bits per heavy atom. The van der Waals surface area contributed by atoms with Crippen LogP contribution in [0.5, 0.6) is 0 Å². The highest BCUT2D eigenvalue weighted by Gasteiger charge is 2.52. The van der Waals surface area contributed by atoms with Crippen LogP contribution in [0.4, 0.5) is 34.3 Å². The van der Waals surface area contributed by atoms with E-state index in [1.807, 2.05) is 0 Å². The Labute approximate surface area is 457 Å². The molecule has 3 nitrogen and oxygen atoms in total. The molecule has 0 saturated carbocycles. The Hall–Kier alpha value is -10.0. The Kier molecular flexibility index (Phi) is 11.9. The third-order valence-electron chi connectivity index (χ3n) is 15.6. The SMILES string of the molecule is c1ccc(-c2ccccc2-c2ccc(N(c3ccccc3)c3cccc(-c4ccc(-c5ccc6c7c(n(-c8ccccc8)c6c5)N(c5ccccc5)c5ccccc5[Si]7(c5ccccc5)c5ccccc5)cc4)c3)cc2)cc1. The molecule has 0 saturated heterocycles. The topological polar surface area (TPSA) is 11.4 Å². The van der Waals surface area contributed by atoms with Gasteiger partial charge in [0.25, 0.3) is 0 Å². The number of aromatic nitrogens is 1. The monoisotopic (exact) mass is 1010 g/mol. The predicted octanol–water partition coefficient (Wildman–Crippen LogP) is 16.9. The van der Waals surface area contributed by atoms with Crippen molar-refractivity contribution < 1.29 is 0 Å². The minimum atomic E-state index is -3.02. The maximum Gasteiger partial charge on any atom is 0.186 e. The Bertz CT molecular complexity index is 4180. The smallest absolute Gasteiger partial charge is 0.186 e. The van der Waals surface area contributed by atoms with Crippen LogP contribution in [-0.4, -0.2) is 12.6 Å². The van der Waals surface area contributed by atoms with Crippen LogP contribution in [0, 0.1) is 0 Å². The number of fused-ring (bicyclic) bond motifs is 4. The number of para-hydroxylation sites is 4. The molecule has 14 rings (SSSR count). The molecule has 2 heterocycles. The molecule has 1 aliphatic rings. The summed E-state index contributed by atoms with van der Waals surface area (Å²) >= 11 is 0. The second-order valence-corrected chi connectivity index (χ2v) is 23.7. The largest absolute Gasteiger partial charge is 0.310 e. The summed E-state index contributed by atoms with van der Waals surface area (Å²) in [4.78, 5) is 4.88. The van der Waals surface area contributed by atoms with Crippen molar-refractivity contribution in [2.75, 3.05) is 9.80 Å². The van der Waals surface area contributed by atoms with Crippen molar-refractivity contribution in [1.82, 2.24) is 4.57 Å². The van der Waals surface area contributed by atoms with Gasteiger partial charge in [0.2, 0.25) is 0 Å². The van der Waals surface area contributed by atoms with Crippen molar-refractivity contribution in [2.45, 2.75) is 0 Å². The zero-order chi connectivity index (χ0) is 51.8. The summed E-state index contributed by atoms with van der Waals surface area (Å²) in [7, 11) is -3.02. The van der Waals surface area contributed by atoms with Gasteiger partial charge >= 0.3 is 0 Å². The molecule has 0 amide bonds. The van der Waals surface area contributed by atoms with E-state index in [0.717, 1.165) is 50.7 Å². The molecular formula is C74H53N3Si. The van der Waals surface area contributed by atoms with Gasteiger partial charge in [0.1, 0.15) is 5.82 Å². The van der Waals surface area contributed by atoms with Crippen LogP contribution in [-0.2, 0) is 0 Å². The van der Waals surface area contributed by atoms with Crippen molar-refractivity contribution in [3.63, 3.8) is 0 Å². The van der Waals surface area contributed by atoms with E-state index in [1.165, 1.54) is 65.4 Å². The predicted molar refractivity (Wildman–Crippen MR) is 332 cm³/mol. The first kappa shape index (κ1) is 46.5. The van der Waals surface area contributed by atoms with Gasteiger partial charge in [0.15, 0.2) is 8.07 Å². The molecule has 0 unspecified atom stereocenters. The molecule has 0 spiro atoms. The van der Waals surface area contributed by atoms with Gasteiger partial charge in [-0.05, 0) is 133 Å². The van der Waals surface area contributed by atoms with Crippen molar-refractivity contribution >= 4 is 74.0 Å². The number of benzene rings is 12. The molecular weight excluding hydrogens is 959 g/mol. The molecule has 1 aliphatic heterocycles. The Morgan fingerprint density at radius 3 is 1.35 bits per heavy atom. The van der Waals surface area contributed by atoms with Gasteiger partial charge in [-0.25, -0.2) is 0 Å². The van der Waals surface area contributed by atoms with Crippen LogP contribution >= 0.6 is 0 Å². The summed E-state index contributed by atoms with van der Waals surface area (Å²) in [5, 5.41) is 6.74. The molecule has 0 radical (unpaired) electrons. The molecule has 368 valence electrons. The van der Waals surface area contributed by atoms with Gasteiger partial charge in [-0.2, -0.15) is 0 Å². The molecule has 4 heteroatoms. The van der Waals surface area contributed by atoms with Crippen molar-refractivity contribution in [1.29, 1.82) is 0 Å². The van der Waals surface area contributed by atoms with E-state index in [1.54, 1.807) is 0 Å². The number of hydrogen-bond donors (Lipinski definition) is 0. The molecule has 78 heavy (non-hydrogen) atoms. The lowest BCUT2D eigenvalue weighted by molar-refractivity contribution is 1.08. The minimum absolute atomic E-state index is 1.09. The molecule has 1 aromatic heterocycles. The van der Waals surface area contributed by atoms with E-state index in [4.69, 9.17) is 0 Å². The van der Waals surface area contributed by atoms with Gasteiger partial charge < -0.3 is 4.90 Å². The molecule has 0 bridgehead atoms. The number of anilines is 6. The van der Waals surface area contributed by atoms with E-state index in [0.29, 0.717) is 0 Å². The van der Waals surface area contributed by atoms with Crippen LogP contribution in [0.1, 0.15) is 0 Å². The van der Waals surface area contributed by atoms with Gasteiger partial charge in [0, 0.05) is 44.7 Å². The second kappa shape index (κ2) is 19.9. The summed E-state index contributed by atoms with van der Waals surface area (Å²) in [6.45, 7) is 0. The average Bonchev–Trinajstić information content (AvgIpc) is 3.17. The van der Waals surface area contributed by atoms with Crippen molar-refractivity contribution in [3.8, 4) is 50.2 Å². The summed E-state index contributed by atoms with van der Waals surface area (Å²) in [5.74, 6) is 1.18. The number of rotatable bonds is 11. The first-order valence-electron chi connectivity index (χ1n) is 26.8. The van der Waals surface area contributed by atoms with Crippen LogP contribution in [0.15, 0.2) is 322 Å². The summed E-state index contributed by atoms with van der Waals surface area (Å²) in [6.07, 6.45) is 0. The maximum absolute atomic E-state index is 3.02. The average molecular weight is 1010 g/mol. The Balaban J connectivity index is 0.888. The molecule has 0 aliphatic carbocycles. The fraction of sp³-hybridized carbons (Fsp3) is 0. The molecule has 0 fully saturated rings. The van der Waals surface area contributed by atoms with Gasteiger partial charge in [-0.15, -0.1) is 0 Å². The number of hydrogen-bond acceptors (Lipinski definition) is 2. The summed E-state index contributed by atoms with van der Waals surface area (Å²) < 4.78 is 2.54. The summed E-state index contributed by atoms with van der Waals surface area (Å²) in [5.41, 5.74) is 17.4. The lowest BCUT2D eigenvalue weighted by Gasteiger charge is -2.44. The highest BCUT2D eigenvalue weighted by atomic mass is 28.3. The normalized spacial score (nSPS) is 12.4. The van der Waals surface area contributed by atoms with E-state index in [9.17, 15) is 0 Å². The standard InChI is InChI=1S/C74H53N3Si/c1-7-24-56(25-8-1)67-38-19-20-39-68(67)57-46-49-63(50-47-57)75(60-27-9-2-10-28-60)64-33-23-26-58(52-64)54-42-44-55(45-43-54)59-48-51-69-71(53-59)77(62-31-13-4-14-32-62)74-73(69)78(65-34-15-5-16-35-65,66-36-17-6-18-37-66)72-41-22-21-40-70(72)76(74)61-29-11-3-12-30-61/h1-53H. The maximum atomic E-state index is 2.54. The van der Waals surface area contributed by atoms with E-state index in [-0.39, 0.29) is 0 Å². The third-order valence-corrected chi connectivity index (χ3v) is 20.5. The van der Waals surface area contributed by atoms with Crippen LogP contribution in [0.3, 0.4) is 0 Å². The van der Waals surface area contributed by atoms with E-state index >= 15 is 0 Å². The third kappa shape index (κ3) is 7.97. The van der Waals surface area contributed by atoms with Crippen molar-refractivity contribution in [2.24, 2.45) is 0 Å². The highest BCUT2D eigenvalue weighted by molar-refractivity contribution is 7.22. The molecule has 12 aromatic carbocycles. The summed E-state index contributed by atoms with van der Waals surface area (Å²) in [6, 6.07) is 118. The first-order chi connectivity index (χ1) is 38.7. The zero-order valence-corrected chi connectivity index (χ0v) is 43.9. The highest BCUT2D eigenvalue weighted by Crippen LogP contribution is 2.45. The minimum Gasteiger partial charge on any atom is -0.310 e. The Morgan fingerprint density at radius 2 is 0.731 bits per heavy atom. The quantitative estimate of drug-likeness (QED) is 0.120. The zero-order valence-electron chi connectivity index (χ0n) is 42.9. The number of nitrogens with zero attached hydrogens (tertiary/aromatic N) is 3. The van der Waals surface area contributed by atoms with Crippen molar-refractivity contribution in [3.05, 3.63) is 322 Å². The van der Waals surface area contributed by atoms with Crippen LogP contribution in [0.25, 0.3) is 61.1 Å². The first-order valence-corrected chi connectivity index (χ1v) is 28.8. The van der Waals surface area contributed by atoms with Gasteiger partial charge in [-0.3, -0.25) is 9.47 Å². The van der Waals surface area contributed by atoms with Crippen LogP contribution < -0.4 is 30.5 Å².